The molecule has 0 saturated carbocycles. The Labute approximate surface area is 248 Å². The van der Waals surface area contributed by atoms with E-state index in [0.29, 0.717) is 28.9 Å². The fourth-order valence-electron chi connectivity index (χ4n) is 4.88. The van der Waals surface area contributed by atoms with Gasteiger partial charge < -0.3 is 18.8 Å². The molecular weight excluding hydrogens is 560 g/mol. The zero-order valence-corrected chi connectivity index (χ0v) is 25.0. The maximum atomic E-state index is 13.5. The number of aryl methyl sites for hydroxylation is 1. The van der Waals surface area contributed by atoms with Crippen LogP contribution in [0.2, 0.25) is 5.02 Å². The summed E-state index contributed by atoms with van der Waals surface area (Å²) in [6.07, 6.45) is 3.59. The van der Waals surface area contributed by atoms with Gasteiger partial charge in [0.25, 0.3) is 5.56 Å². The number of nitrogens with zero attached hydrogens (tertiary/aromatic N) is 6. The number of nitriles is 1. The minimum Gasteiger partial charge on any atom is -0.479 e. The van der Waals surface area contributed by atoms with Crippen molar-refractivity contribution in [2.45, 2.75) is 39.0 Å². The molecule has 4 aromatic rings. The average Bonchev–Trinajstić information content (AvgIpc) is 3.39. The topological polar surface area (TPSA) is 134 Å². The minimum absolute atomic E-state index is 0.0825. The first-order chi connectivity index (χ1) is 20.1. The van der Waals surface area contributed by atoms with Crippen molar-refractivity contribution in [1.82, 2.24) is 24.3 Å². The summed E-state index contributed by atoms with van der Waals surface area (Å²) in [5.41, 5.74) is 3.61. The number of carbonyl (C=O) groups is 1. The van der Waals surface area contributed by atoms with Crippen molar-refractivity contribution in [3.05, 3.63) is 91.7 Å². The van der Waals surface area contributed by atoms with Crippen LogP contribution in [0.4, 0.5) is 0 Å². The molecule has 1 aromatic carbocycles. The number of rotatable bonds is 10. The summed E-state index contributed by atoms with van der Waals surface area (Å²) in [6.45, 7) is 5.85. The van der Waals surface area contributed by atoms with Crippen molar-refractivity contribution in [3.63, 3.8) is 0 Å². The van der Waals surface area contributed by atoms with Crippen LogP contribution in [0, 0.1) is 11.3 Å². The number of ether oxygens (including phenoxy) is 3. The summed E-state index contributed by atoms with van der Waals surface area (Å²) in [5, 5.41) is 14.3. The normalized spacial score (nSPS) is 11.7. The lowest BCUT2D eigenvalue weighted by Gasteiger charge is -2.22. The summed E-state index contributed by atoms with van der Waals surface area (Å²) < 4.78 is 19.2. The largest absolute Gasteiger partial charge is 0.479 e. The molecule has 0 spiro atoms. The lowest BCUT2D eigenvalue weighted by molar-refractivity contribution is 0.0517. The van der Waals surface area contributed by atoms with E-state index in [1.165, 1.54) is 25.0 Å². The van der Waals surface area contributed by atoms with Crippen LogP contribution in [0.5, 0.6) is 11.9 Å². The van der Waals surface area contributed by atoms with Crippen LogP contribution in [0.25, 0.3) is 5.69 Å². The fourth-order valence-corrected chi connectivity index (χ4v) is 5.15. The second-order valence-electron chi connectivity index (χ2n) is 9.79. The Bertz CT molecular complexity index is 1680. The van der Waals surface area contributed by atoms with Gasteiger partial charge in [-0.1, -0.05) is 37.6 Å². The quantitative estimate of drug-likeness (QED) is 0.243. The summed E-state index contributed by atoms with van der Waals surface area (Å²) in [7, 11) is 4.55. The van der Waals surface area contributed by atoms with Gasteiger partial charge in [-0.15, -0.1) is 0 Å². The Balaban J connectivity index is 2.06. The Hall–Kier alpha value is -4.69. The molecule has 218 valence electrons. The van der Waals surface area contributed by atoms with E-state index in [-0.39, 0.29) is 40.7 Å². The average molecular weight is 591 g/mol. The zero-order valence-electron chi connectivity index (χ0n) is 24.2. The monoisotopic (exact) mass is 590 g/mol. The lowest BCUT2D eigenvalue weighted by atomic mass is 9.82. The van der Waals surface area contributed by atoms with Crippen molar-refractivity contribution in [3.8, 4) is 23.6 Å². The van der Waals surface area contributed by atoms with E-state index in [1.54, 1.807) is 43.0 Å². The highest BCUT2D eigenvalue weighted by atomic mass is 35.5. The number of methoxy groups -OCH3 is 2. The third-order valence-electron chi connectivity index (χ3n) is 6.72. The number of halogens is 1. The molecule has 0 N–H and O–H groups in total. The predicted octanol–water partition coefficient (Wildman–Crippen LogP) is 4.58. The third-order valence-corrected chi connectivity index (χ3v) is 6.99. The highest BCUT2D eigenvalue weighted by Crippen LogP contribution is 2.39. The molecular formula is C30H31ClN6O5. The molecule has 0 radical (unpaired) electrons. The molecule has 0 amide bonds. The second kappa shape index (κ2) is 12.9. The molecule has 0 fully saturated rings. The summed E-state index contributed by atoms with van der Waals surface area (Å²) in [4.78, 5) is 34.4. The first-order valence-corrected chi connectivity index (χ1v) is 13.6. The van der Waals surface area contributed by atoms with E-state index >= 15 is 0 Å². The molecule has 42 heavy (non-hydrogen) atoms. The van der Waals surface area contributed by atoms with Crippen molar-refractivity contribution in [2.75, 3.05) is 20.8 Å². The van der Waals surface area contributed by atoms with Gasteiger partial charge in [0.15, 0.2) is 5.69 Å². The molecule has 0 aliphatic carbocycles. The summed E-state index contributed by atoms with van der Waals surface area (Å²) >= 11 is 6.28. The van der Waals surface area contributed by atoms with E-state index in [0.717, 1.165) is 11.1 Å². The highest BCUT2D eigenvalue weighted by Gasteiger charge is 2.33. The van der Waals surface area contributed by atoms with Gasteiger partial charge in [-0.3, -0.25) is 4.79 Å². The zero-order chi connectivity index (χ0) is 30.6. The number of pyridine rings is 1. The fraction of sp³-hybridized carbons (Fsp3) is 0.333. The smallest absolute Gasteiger partial charge is 0.359 e. The van der Waals surface area contributed by atoms with Crippen LogP contribution in [0.1, 0.15) is 71.0 Å². The van der Waals surface area contributed by atoms with Gasteiger partial charge in [0, 0.05) is 24.7 Å². The van der Waals surface area contributed by atoms with E-state index in [2.05, 4.69) is 16.0 Å². The van der Waals surface area contributed by atoms with Crippen LogP contribution in [-0.4, -0.2) is 51.1 Å². The number of hydrogen-bond acceptors (Lipinski definition) is 9. The SMILES string of the molecule is CCOC(=O)c1nn(-c2cnc(OC)nc2OC)c(C(C)C)c1C(Cc1cc(Cl)c(=O)n(C)c1)c1ccc(C#N)cc1. The molecule has 3 heterocycles. The summed E-state index contributed by atoms with van der Waals surface area (Å²) in [5.74, 6) is -0.999. The van der Waals surface area contributed by atoms with Crippen LogP contribution < -0.4 is 15.0 Å². The molecule has 1 atom stereocenters. The van der Waals surface area contributed by atoms with Crippen LogP contribution in [-0.2, 0) is 18.2 Å². The van der Waals surface area contributed by atoms with Crippen LogP contribution >= 0.6 is 11.6 Å². The van der Waals surface area contributed by atoms with Crippen molar-refractivity contribution < 1.29 is 19.0 Å². The van der Waals surface area contributed by atoms with E-state index in [9.17, 15) is 14.9 Å². The first kappa shape index (κ1) is 30.3. The van der Waals surface area contributed by atoms with Crippen molar-refractivity contribution >= 4 is 17.6 Å². The first-order valence-electron chi connectivity index (χ1n) is 13.2. The third kappa shape index (κ3) is 5.99. The molecule has 12 heteroatoms. The number of carbonyl (C=O) groups excluding carboxylic acids is 1. The lowest BCUT2D eigenvalue weighted by Crippen LogP contribution is -2.19. The highest BCUT2D eigenvalue weighted by molar-refractivity contribution is 6.30. The van der Waals surface area contributed by atoms with E-state index in [1.807, 2.05) is 26.0 Å². The van der Waals surface area contributed by atoms with Gasteiger partial charge in [-0.05, 0) is 48.6 Å². The Morgan fingerprint density at radius 1 is 1.17 bits per heavy atom. The molecule has 0 bridgehead atoms. The van der Waals surface area contributed by atoms with Gasteiger partial charge in [-0.25, -0.2) is 14.5 Å². The van der Waals surface area contributed by atoms with Crippen molar-refractivity contribution in [2.24, 2.45) is 7.05 Å². The molecule has 0 saturated heterocycles. The standard InChI is InChI=1S/C30H31ClN6O5/c1-7-42-29(39)25-24(26(17(2)3)37(35-25)23-15-33-30(41-6)34-27(23)40-5)21(20-10-8-18(14-32)9-11-20)12-19-13-22(31)28(38)36(4)16-19/h8-11,13,15-17,21H,7,12H2,1-6H3. The summed E-state index contributed by atoms with van der Waals surface area (Å²) in [6, 6.07) is 11.0. The van der Waals surface area contributed by atoms with Crippen molar-refractivity contribution in [1.29, 1.82) is 5.26 Å². The number of benzene rings is 1. The second-order valence-corrected chi connectivity index (χ2v) is 10.2. The Kier molecular flexibility index (Phi) is 9.28. The van der Waals surface area contributed by atoms with Gasteiger partial charge in [0.05, 0.1) is 44.3 Å². The minimum atomic E-state index is -0.598. The molecule has 4 rings (SSSR count). The van der Waals surface area contributed by atoms with Gasteiger partial charge in [-0.2, -0.15) is 15.3 Å². The van der Waals surface area contributed by atoms with Gasteiger partial charge in [0.1, 0.15) is 10.7 Å². The number of aromatic nitrogens is 5. The van der Waals surface area contributed by atoms with Gasteiger partial charge in [0.2, 0.25) is 5.88 Å². The van der Waals surface area contributed by atoms with E-state index in [4.69, 9.17) is 30.9 Å². The molecule has 1 unspecified atom stereocenters. The van der Waals surface area contributed by atoms with Crippen LogP contribution in [0.3, 0.4) is 0 Å². The van der Waals surface area contributed by atoms with Gasteiger partial charge >= 0.3 is 12.0 Å². The molecule has 0 aliphatic rings. The number of hydrogen-bond donors (Lipinski definition) is 0. The molecule has 11 nitrogen and oxygen atoms in total. The maximum Gasteiger partial charge on any atom is 0.359 e. The maximum absolute atomic E-state index is 13.5. The molecule has 0 aliphatic heterocycles. The molecule has 3 aromatic heterocycles. The van der Waals surface area contributed by atoms with Crippen LogP contribution in [0.15, 0.2) is 47.5 Å². The Morgan fingerprint density at radius 2 is 1.88 bits per heavy atom. The van der Waals surface area contributed by atoms with E-state index < -0.39 is 11.9 Å². The number of esters is 1. The predicted molar refractivity (Wildman–Crippen MR) is 156 cm³/mol. The Morgan fingerprint density at radius 3 is 2.45 bits per heavy atom.